The standard InChI is InChI=1S/C25H24F4N4O5S/c26-18-4-2-16(3-5-18)24(37-12-13-38-24)6-1-7-31-8-10-32(11-9-31)23-30-22(34)19-14-17(25(27,28)29)15-20(33(35)36)21(19)39-23/h2-5,14-15H,1,6-13H2. The van der Waals surface area contributed by atoms with E-state index in [1.165, 1.54) is 12.1 Å². The molecule has 5 rings (SSSR count). The van der Waals surface area contributed by atoms with Gasteiger partial charge in [-0.2, -0.15) is 18.2 Å². The van der Waals surface area contributed by atoms with Crippen LogP contribution in [0.4, 0.5) is 28.4 Å². The second-order valence-electron chi connectivity index (χ2n) is 9.32. The predicted molar refractivity (Wildman–Crippen MR) is 135 cm³/mol. The Bertz CT molecular complexity index is 1420. The third-order valence-corrected chi connectivity index (χ3v) is 8.04. The van der Waals surface area contributed by atoms with Crippen LogP contribution in [0.25, 0.3) is 10.1 Å². The molecule has 208 valence electrons. The summed E-state index contributed by atoms with van der Waals surface area (Å²) in [5.74, 6) is -1.24. The van der Waals surface area contributed by atoms with Crippen molar-refractivity contribution in [3.63, 3.8) is 0 Å². The van der Waals surface area contributed by atoms with Gasteiger partial charge in [-0.15, -0.1) is 0 Å². The number of alkyl halides is 3. The van der Waals surface area contributed by atoms with E-state index in [2.05, 4.69) is 9.88 Å². The summed E-state index contributed by atoms with van der Waals surface area (Å²) in [4.78, 5) is 31.2. The number of ether oxygens (including phenoxy) is 2. The van der Waals surface area contributed by atoms with E-state index in [1.54, 1.807) is 12.1 Å². The first-order valence-corrected chi connectivity index (χ1v) is 13.1. The summed E-state index contributed by atoms with van der Waals surface area (Å²) in [5.41, 5.74) is -2.20. The summed E-state index contributed by atoms with van der Waals surface area (Å²) in [5, 5.41) is 11.3. The van der Waals surface area contributed by atoms with Crippen LogP contribution in [0.1, 0.15) is 24.0 Å². The van der Waals surface area contributed by atoms with E-state index < -0.39 is 39.1 Å². The minimum atomic E-state index is -4.83. The summed E-state index contributed by atoms with van der Waals surface area (Å²) < 4.78 is 64.7. The quantitative estimate of drug-likeness (QED) is 0.233. The van der Waals surface area contributed by atoms with Crippen LogP contribution in [-0.4, -0.2) is 60.7 Å². The lowest BCUT2D eigenvalue weighted by Crippen LogP contribution is -2.47. The Kier molecular flexibility index (Phi) is 7.55. The maximum absolute atomic E-state index is 13.4. The van der Waals surface area contributed by atoms with E-state index in [1.807, 2.05) is 4.90 Å². The highest BCUT2D eigenvalue weighted by Crippen LogP contribution is 2.39. The molecule has 9 nitrogen and oxygen atoms in total. The molecule has 0 saturated carbocycles. The van der Waals surface area contributed by atoms with Crippen LogP contribution in [0, 0.1) is 15.9 Å². The van der Waals surface area contributed by atoms with Crippen LogP contribution >= 0.6 is 11.3 Å². The Morgan fingerprint density at radius 1 is 1.08 bits per heavy atom. The van der Waals surface area contributed by atoms with Gasteiger partial charge in [0.25, 0.3) is 11.2 Å². The smallest absolute Gasteiger partial charge is 0.345 e. The van der Waals surface area contributed by atoms with Gasteiger partial charge in [-0.05, 0) is 31.2 Å². The van der Waals surface area contributed by atoms with Crippen molar-refractivity contribution in [2.45, 2.75) is 24.8 Å². The van der Waals surface area contributed by atoms with E-state index >= 15 is 0 Å². The number of nitrogens with zero attached hydrogens (tertiary/aromatic N) is 4. The number of hydrogen-bond donors (Lipinski definition) is 0. The topological polar surface area (TPSA) is 98.0 Å². The lowest BCUT2D eigenvalue weighted by atomic mass is 10.00. The molecule has 3 heterocycles. The van der Waals surface area contributed by atoms with Gasteiger partial charge in [0, 0.05) is 44.2 Å². The highest BCUT2D eigenvalue weighted by Gasteiger charge is 2.38. The van der Waals surface area contributed by atoms with Crippen molar-refractivity contribution in [3.8, 4) is 0 Å². The zero-order valence-electron chi connectivity index (χ0n) is 20.6. The van der Waals surface area contributed by atoms with Gasteiger partial charge in [0.1, 0.15) is 10.5 Å². The fraction of sp³-hybridized carbons (Fsp3) is 0.440. The van der Waals surface area contributed by atoms with Gasteiger partial charge in [0.05, 0.1) is 29.1 Å². The molecule has 0 N–H and O–H groups in total. The predicted octanol–water partition coefficient (Wildman–Crippen LogP) is 4.52. The molecule has 2 aliphatic heterocycles. The number of piperazine rings is 1. The van der Waals surface area contributed by atoms with Crippen molar-refractivity contribution in [1.29, 1.82) is 0 Å². The summed E-state index contributed by atoms with van der Waals surface area (Å²) in [7, 11) is 0. The van der Waals surface area contributed by atoms with Gasteiger partial charge in [-0.1, -0.05) is 23.5 Å². The molecule has 39 heavy (non-hydrogen) atoms. The Hall–Kier alpha value is -3.20. The molecule has 0 bridgehead atoms. The molecule has 0 radical (unpaired) electrons. The third kappa shape index (κ3) is 5.73. The second kappa shape index (κ2) is 10.8. The number of non-ortho nitro benzene ring substituents is 1. The molecule has 14 heteroatoms. The van der Waals surface area contributed by atoms with Gasteiger partial charge in [-0.3, -0.25) is 19.8 Å². The second-order valence-corrected chi connectivity index (χ2v) is 10.3. The molecular weight excluding hydrogens is 544 g/mol. The molecule has 2 aliphatic rings. The molecule has 1 aromatic heterocycles. The third-order valence-electron chi connectivity index (χ3n) is 6.88. The molecule has 2 aromatic carbocycles. The molecule has 0 aliphatic carbocycles. The van der Waals surface area contributed by atoms with E-state index in [9.17, 15) is 32.5 Å². The molecule has 3 aromatic rings. The first-order chi connectivity index (χ1) is 18.6. The fourth-order valence-electron chi connectivity index (χ4n) is 4.89. The first kappa shape index (κ1) is 27.4. The van der Waals surface area contributed by atoms with Gasteiger partial charge >= 0.3 is 6.18 Å². The number of halogens is 4. The number of nitro benzene ring substituents is 1. The Morgan fingerprint density at radius 3 is 2.36 bits per heavy atom. The fourth-order valence-corrected chi connectivity index (χ4v) is 6.00. The molecule has 0 spiro atoms. The molecule has 2 fully saturated rings. The summed E-state index contributed by atoms with van der Waals surface area (Å²) in [6, 6.07) is 7.15. The van der Waals surface area contributed by atoms with Gasteiger partial charge in [-0.25, -0.2) is 4.39 Å². The van der Waals surface area contributed by atoms with Crippen molar-refractivity contribution in [3.05, 3.63) is 73.8 Å². The molecular formula is C25H24F4N4O5S. The molecule has 0 amide bonds. The molecule has 2 saturated heterocycles. The van der Waals surface area contributed by atoms with E-state index in [-0.39, 0.29) is 15.6 Å². The monoisotopic (exact) mass is 568 g/mol. The SMILES string of the molecule is O=c1nc(N2CCN(CCCC3(c4ccc(F)cc4)OCCO3)CC2)sc2c([N+](=O)[O-])cc(C(F)(F)F)cc12. The minimum absolute atomic E-state index is 0.131. The van der Waals surface area contributed by atoms with Gasteiger partial charge in [0.2, 0.25) is 0 Å². The van der Waals surface area contributed by atoms with E-state index in [0.29, 0.717) is 57.9 Å². The van der Waals surface area contributed by atoms with Crippen molar-refractivity contribution in [2.75, 3.05) is 50.8 Å². The Balaban J connectivity index is 1.25. The lowest BCUT2D eigenvalue weighted by Gasteiger charge is -2.35. The van der Waals surface area contributed by atoms with Crippen LogP contribution in [-0.2, 0) is 21.4 Å². The average molecular weight is 569 g/mol. The van der Waals surface area contributed by atoms with Crippen LogP contribution in [0.15, 0.2) is 41.2 Å². The number of anilines is 1. The Morgan fingerprint density at radius 2 is 1.74 bits per heavy atom. The Labute approximate surface area is 223 Å². The van der Waals surface area contributed by atoms with Crippen molar-refractivity contribution < 1.29 is 32.0 Å². The van der Waals surface area contributed by atoms with E-state index in [4.69, 9.17) is 9.47 Å². The largest absolute Gasteiger partial charge is 0.416 e. The van der Waals surface area contributed by atoms with Crippen LogP contribution < -0.4 is 10.5 Å². The van der Waals surface area contributed by atoms with Crippen molar-refractivity contribution >= 4 is 32.2 Å². The first-order valence-electron chi connectivity index (χ1n) is 12.3. The molecule has 0 atom stereocenters. The van der Waals surface area contributed by atoms with Crippen molar-refractivity contribution in [2.24, 2.45) is 0 Å². The number of nitro groups is 1. The zero-order chi connectivity index (χ0) is 27.8. The van der Waals surface area contributed by atoms with Crippen LogP contribution in [0.2, 0.25) is 0 Å². The molecule has 0 unspecified atom stereocenters. The average Bonchev–Trinajstić information content (AvgIpc) is 3.38. The maximum atomic E-state index is 13.4. The summed E-state index contributed by atoms with van der Waals surface area (Å²) in [6.45, 7) is 3.86. The van der Waals surface area contributed by atoms with Crippen molar-refractivity contribution in [1.82, 2.24) is 9.88 Å². The highest BCUT2D eigenvalue weighted by molar-refractivity contribution is 7.22. The zero-order valence-corrected chi connectivity index (χ0v) is 21.4. The van der Waals surface area contributed by atoms with Gasteiger partial charge < -0.3 is 14.4 Å². The van der Waals surface area contributed by atoms with Crippen LogP contribution in [0.5, 0.6) is 0 Å². The highest BCUT2D eigenvalue weighted by atomic mass is 32.1. The number of aromatic nitrogens is 1. The summed E-state index contributed by atoms with van der Waals surface area (Å²) >= 11 is 0.843. The number of hydrogen-bond acceptors (Lipinski definition) is 9. The normalized spacial score (nSPS) is 18.1. The number of fused-ring (bicyclic) bond motifs is 1. The van der Waals surface area contributed by atoms with E-state index in [0.717, 1.165) is 29.9 Å². The van der Waals surface area contributed by atoms with Crippen LogP contribution in [0.3, 0.4) is 0 Å². The maximum Gasteiger partial charge on any atom is 0.416 e. The van der Waals surface area contributed by atoms with Gasteiger partial charge in [0.15, 0.2) is 10.9 Å². The minimum Gasteiger partial charge on any atom is -0.345 e. The lowest BCUT2D eigenvalue weighted by molar-refractivity contribution is -0.383. The number of rotatable bonds is 7. The number of benzene rings is 2. The summed E-state index contributed by atoms with van der Waals surface area (Å²) in [6.07, 6.45) is -3.51.